The molecule has 4 aromatic rings. The Morgan fingerprint density at radius 3 is 2.72 bits per heavy atom. The van der Waals surface area contributed by atoms with Crippen molar-refractivity contribution >= 4 is 5.65 Å². The predicted octanol–water partition coefficient (Wildman–Crippen LogP) is 2.25. The van der Waals surface area contributed by atoms with Crippen molar-refractivity contribution in [2.75, 3.05) is 13.1 Å². The topological polar surface area (TPSA) is 102 Å². The SMILES string of the molecule is CC(C)n1cc(-c2cc3nccn3c(-c3cnn(C4(CC#N)CNC4)c3)n2)cn1. The number of imidazole rings is 1. The van der Waals surface area contributed by atoms with Gasteiger partial charge >= 0.3 is 0 Å². The monoisotopic (exact) mass is 387 g/mol. The largest absolute Gasteiger partial charge is 0.312 e. The van der Waals surface area contributed by atoms with Crippen LogP contribution in [0.15, 0.2) is 43.2 Å². The van der Waals surface area contributed by atoms with E-state index in [9.17, 15) is 5.26 Å². The number of hydrogen-bond donors (Lipinski definition) is 1. The Morgan fingerprint density at radius 2 is 2.03 bits per heavy atom. The van der Waals surface area contributed by atoms with Crippen LogP contribution in [0, 0.1) is 11.3 Å². The van der Waals surface area contributed by atoms with Crippen molar-refractivity contribution in [2.45, 2.75) is 31.8 Å². The van der Waals surface area contributed by atoms with Crippen molar-refractivity contribution in [1.29, 1.82) is 5.26 Å². The van der Waals surface area contributed by atoms with E-state index in [1.54, 1.807) is 12.4 Å². The van der Waals surface area contributed by atoms with Crippen LogP contribution in [-0.2, 0) is 5.54 Å². The highest BCUT2D eigenvalue weighted by atomic mass is 15.4. The summed E-state index contributed by atoms with van der Waals surface area (Å²) >= 11 is 0. The summed E-state index contributed by atoms with van der Waals surface area (Å²) in [6.07, 6.45) is 11.7. The van der Waals surface area contributed by atoms with Gasteiger partial charge in [-0.15, -0.1) is 0 Å². The standard InChI is InChI=1S/C20H21N9/c1-14(2)28-10-15(8-24-28)17-7-18-23-5-6-27(18)19(26-17)16-9-25-29(11-16)20(3-4-21)12-22-13-20/h5-11,14,22H,3,12-13H2,1-2H3. The molecule has 0 saturated carbocycles. The van der Waals surface area contributed by atoms with Gasteiger partial charge in [0, 0.05) is 55.5 Å². The molecular formula is C20H21N9. The molecule has 0 aliphatic carbocycles. The molecule has 1 N–H and O–H groups in total. The molecule has 1 fully saturated rings. The molecule has 0 bridgehead atoms. The van der Waals surface area contributed by atoms with Crippen LogP contribution < -0.4 is 5.32 Å². The molecular weight excluding hydrogens is 366 g/mol. The molecule has 9 nitrogen and oxygen atoms in total. The van der Waals surface area contributed by atoms with Crippen molar-refractivity contribution < 1.29 is 0 Å². The lowest BCUT2D eigenvalue weighted by atomic mass is 9.89. The van der Waals surface area contributed by atoms with Crippen LogP contribution in [0.2, 0.25) is 0 Å². The molecule has 9 heteroatoms. The zero-order valence-corrected chi connectivity index (χ0v) is 16.3. The zero-order valence-electron chi connectivity index (χ0n) is 16.3. The van der Waals surface area contributed by atoms with Gasteiger partial charge in [0.2, 0.25) is 0 Å². The van der Waals surface area contributed by atoms with Gasteiger partial charge in [0.05, 0.1) is 36.1 Å². The minimum atomic E-state index is -0.281. The maximum Gasteiger partial charge on any atom is 0.149 e. The summed E-state index contributed by atoms with van der Waals surface area (Å²) in [4.78, 5) is 9.37. The number of rotatable bonds is 5. The van der Waals surface area contributed by atoms with Gasteiger partial charge in [0.15, 0.2) is 0 Å². The van der Waals surface area contributed by atoms with E-state index in [4.69, 9.17) is 4.98 Å². The Hall–Kier alpha value is -3.51. The second-order valence-electron chi connectivity index (χ2n) is 7.76. The van der Waals surface area contributed by atoms with Crippen LogP contribution in [0.25, 0.3) is 28.3 Å². The fraction of sp³-hybridized carbons (Fsp3) is 0.350. The van der Waals surface area contributed by atoms with Crippen LogP contribution in [0.5, 0.6) is 0 Å². The lowest BCUT2D eigenvalue weighted by Gasteiger charge is -2.41. The van der Waals surface area contributed by atoms with E-state index in [-0.39, 0.29) is 11.6 Å². The second kappa shape index (κ2) is 6.53. The Bertz CT molecular complexity index is 1220. The van der Waals surface area contributed by atoms with Gasteiger partial charge in [0.25, 0.3) is 0 Å². The van der Waals surface area contributed by atoms with Gasteiger partial charge in [-0.25, -0.2) is 9.97 Å². The third kappa shape index (κ3) is 2.80. The normalized spacial score (nSPS) is 15.5. The van der Waals surface area contributed by atoms with E-state index >= 15 is 0 Å². The predicted molar refractivity (Wildman–Crippen MR) is 107 cm³/mol. The number of hydrogen-bond acceptors (Lipinski definition) is 6. The smallest absolute Gasteiger partial charge is 0.149 e. The summed E-state index contributed by atoms with van der Waals surface area (Å²) in [7, 11) is 0. The van der Waals surface area contributed by atoms with E-state index in [0.717, 1.165) is 41.4 Å². The number of aromatic nitrogens is 7. The highest BCUT2D eigenvalue weighted by Crippen LogP contribution is 2.29. The van der Waals surface area contributed by atoms with Gasteiger partial charge in [-0.2, -0.15) is 15.5 Å². The quantitative estimate of drug-likeness (QED) is 0.564. The van der Waals surface area contributed by atoms with Crippen LogP contribution in [0.1, 0.15) is 26.3 Å². The maximum atomic E-state index is 9.22. The minimum Gasteiger partial charge on any atom is -0.312 e. The van der Waals surface area contributed by atoms with Gasteiger partial charge in [-0.05, 0) is 13.8 Å². The van der Waals surface area contributed by atoms with Crippen molar-refractivity contribution in [3.8, 4) is 28.7 Å². The zero-order chi connectivity index (χ0) is 20.0. The lowest BCUT2D eigenvalue weighted by Crippen LogP contribution is -2.60. The number of nitrogens with one attached hydrogen (secondary N) is 1. The Labute approximate surface area is 167 Å². The van der Waals surface area contributed by atoms with E-state index in [1.807, 2.05) is 44.6 Å². The molecule has 0 radical (unpaired) electrons. The number of nitrogens with zero attached hydrogens (tertiary/aromatic N) is 8. The van der Waals surface area contributed by atoms with Crippen molar-refractivity contribution in [2.24, 2.45) is 0 Å². The molecule has 146 valence electrons. The molecule has 0 atom stereocenters. The molecule has 1 aliphatic heterocycles. The first kappa shape index (κ1) is 17.6. The fourth-order valence-electron chi connectivity index (χ4n) is 3.65. The summed E-state index contributed by atoms with van der Waals surface area (Å²) in [6, 6.07) is 4.53. The molecule has 5 rings (SSSR count). The van der Waals surface area contributed by atoms with Crippen molar-refractivity contribution in [3.63, 3.8) is 0 Å². The first-order valence-electron chi connectivity index (χ1n) is 9.61. The maximum absolute atomic E-state index is 9.22. The average molecular weight is 387 g/mol. The molecule has 1 aliphatic rings. The van der Waals surface area contributed by atoms with E-state index < -0.39 is 0 Å². The van der Waals surface area contributed by atoms with Gasteiger partial charge in [0.1, 0.15) is 17.0 Å². The summed E-state index contributed by atoms with van der Waals surface area (Å²) in [5.74, 6) is 0.762. The summed E-state index contributed by atoms with van der Waals surface area (Å²) in [5, 5.41) is 21.5. The summed E-state index contributed by atoms with van der Waals surface area (Å²) in [5.41, 5.74) is 3.18. The number of nitriles is 1. The molecule has 1 saturated heterocycles. The van der Waals surface area contributed by atoms with Crippen molar-refractivity contribution in [3.05, 3.63) is 43.2 Å². The molecule has 0 spiro atoms. The van der Waals surface area contributed by atoms with Crippen LogP contribution >= 0.6 is 0 Å². The van der Waals surface area contributed by atoms with Crippen LogP contribution in [0.3, 0.4) is 0 Å². The van der Waals surface area contributed by atoms with Crippen LogP contribution in [0.4, 0.5) is 0 Å². The molecule has 0 amide bonds. The van der Waals surface area contributed by atoms with E-state index in [1.165, 1.54) is 0 Å². The Kier molecular flexibility index (Phi) is 3.96. The van der Waals surface area contributed by atoms with E-state index in [2.05, 4.69) is 40.4 Å². The molecule has 4 aromatic heterocycles. The van der Waals surface area contributed by atoms with Gasteiger partial charge in [-0.1, -0.05) is 0 Å². The third-order valence-electron chi connectivity index (χ3n) is 5.46. The Balaban J connectivity index is 1.60. The highest BCUT2D eigenvalue weighted by Gasteiger charge is 2.39. The van der Waals surface area contributed by atoms with Crippen molar-refractivity contribution in [1.82, 2.24) is 39.2 Å². The summed E-state index contributed by atoms with van der Waals surface area (Å²) in [6.45, 7) is 5.66. The summed E-state index contributed by atoms with van der Waals surface area (Å²) < 4.78 is 5.77. The van der Waals surface area contributed by atoms with E-state index in [0.29, 0.717) is 6.42 Å². The lowest BCUT2D eigenvalue weighted by molar-refractivity contribution is 0.160. The first-order chi connectivity index (χ1) is 14.1. The molecule has 5 heterocycles. The van der Waals surface area contributed by atoms with Gasteiger partial charge < -0.3 is 5.32 Å². The molecule has 0 aromatic carbocycles. The average Bonchev–Trinajstić information content (AvgIpc) is 3.43. The third-order valence-corrected chi connectivity index (χ3v) is 5.46. The first-order valence-corrected chi connectivity index (χ1v) is 9.61. The molecule has 0 unspecified atom stereocenters. The fourth-order valence-corrected chi connectivity index (χ4v) is 3.65. The highest BCUT2D eigenvalue weighted by molar-refractivity contribution is 5.68. The second-order valence-corrected chi connectivity index (χ2v) is 7.76. The Morgan fingerprint density at radius 1 is 1.21 bits per heavy atom. The molecule has 29 heavy (non-hydrogen) atoms. The van der Waals surface area contributed by atoms with Crippen LogP contribution in [-0.4, -0.2) is 47.0 Å². The minimum absolute atomic E-state index is 0.281. The number of fused-ring (bicyclic) bond motifs is 1. The van der Waals surface area contributed by atoms with Gasteiger partial charge in [-0.3, -0.25) is 13.8 Å².